The zero-order valence-corrected chi connectivity index (χ0v) is 17.7. The molecule has 1 spiro atoms. The quantitative estimate of drug-likeness (QED) is 0.688. The summed E-state index contributed by atoms with van der Waals surface area (Å²) in [5.74, 6) is 1.09. The molecule has 1 N–H and O–H groups in total. The molecule has 1 aliphatic heterocycles. The van der Waals surface area contributed by atoms with Crippen LogP contribution in [0, 0.1) is 12.3 Å². The Morgan fingerprint density at radius 3 is 3.00 bits per heavy atom. The average Bonchev–Trinajstić information content (AvgIpc) is 3.08. The fourth-order valence-corrected chi connectivity index (χ4v) is 4.96. The smallest absolute Gasteiger partial charge is 0.287 e. The van der Waals surface area contributed by atoms with Gasteiger partial charge in [-0.1, -0.05) is 6.07 Å². The summed E-state index contributed by atoms with van der Waals surface area (Å²) in [6, 6.07) is 5.89. The van der Waals surface area contributed by atoms with E-state index in [9.17, 15) is 4.79 Å². The Kier molecular flexibility index (Phi) is 4.28. The lowest BCUT2D eigenvalue weighted by molar-refractivity contribution is 0.0822. The van der Waals surface area contributed by atoms with Crippen LogP contribution in [-0.2, 0) is 24.1 Å². The van der Waals surface area contributed by atoms with Crippen molar-refractivity contribution in [2.45, 2.75) is 51.7 Å². The topological polar surface area (TPSA) is 82.2 Å². The van der Waals surface area contributed by atoms with Crippen LogP contribution in [-0.4, -0.2) is 39.9 Å². The number of furan rings is 1. The summed E-state index contributed by atoms with van der Waals surface area (Å²) in [5.41, 5.74) is 5.33. The molecule has 31 heavy (non-hydrogen) atoms. The zero-order chi connectivity index (χ0) is 21.0. The molecule has 0 bridgehead atoms. The van der Waals surface area contributed by atoms with Crippen LogP contribution >= 0.6 is 0 Å². The summed E-state index contributed by atoms with van der Waals surface area (Å²) in [6.07, 6.45) is 9.21. The number of rotatable bonds is 5. The Bertz CT molecular complexity index is 1140. The molecule has 3 aromatic rings. The molecule has 1 amide bonds. The summed E-state index contributed by atoms with van der Waals surface area (Å²) in [4.78, 5) is 17.3. The zero-order valence-electron chi connectivity index (χ0n) is 17.7. The molecule has 0 aromatic carbocycles. The van der Waals surface area contributed by atoms with E-state index in [2.05, 4.69) is 16.5 Å². The highest BCUT2D eigenvalue weighted by Gasteiger charge is 2.49. The third kappa shape index (κ3) is 3.37. The highest BCUT2D eigenvalue weighted by atomic mass is 16.5. The van der Waals surface area contributed by atoms with Crippen molar-refractivity contribution in [1.29, 1.82) is 0 Å². The third-order valence-corrected chi connectivity index (χ3v) is 6.91. The van der Waals surface area contributed by atoms with E-state index < -0.39 is 0 Å². The van der Waals surface area contributed by atoms with E-state index in [4.69, 9.17) is 14.3 Å². The van der Waals surface area contributed by atoms with E-state index in [1.54, 1.807) is 6.20 Å². The minimum atomic E-state index is -0.165. The number of pyridine rings is 1. The number of hydrogen-bond donors (Lipinski definition) is 1. The molecular formula is C24H26N4O3. The van der Waals surface area contributed by atoms with Crippen LogP contribution in [0.4, 0.5) is 0 Å². The van der Waals surface area contributed by atoms with Crippen LogP contribution in [0.5, 0.6) is 0 Å². The predicted molar refractivity (Wildman–Crippen MR) is 114 cm³/mol. The number of aromatic nitrogens is 3. The normalized spacial score (nSPS) is 20.5. The predicted octanol–water partition coefficient (Wildman–Crippen LogP) is 3.29. The average molecular weight is 418 g/mol. The van der Waals surface area contributed by atoms with E-state index in [-0.39, 0.29) is 12.0 Å². The van der Waals surface area contributed by atoms with Gasteiger partial charge in [-0.3, -0.25) is 14.5 Å². The largest absolute Gasteiger partial charge is 0.455 e. The number of hydrogen-bond acceptors (Lipinski definition) is 5. The maximum absolute atomic E-state index is 12.9. The minimum Gasteiger partial charge on any atom is -0.455 e. The molecule has 7 heteroatoms. The molecule has 6 rings (SSSR count). The van der Waals surface area contributed by atoms with E-state index >= 15 is 0 Å². The van der Waals surface area contributed by atoms with Crippen LogP contribution in [0.2, 0.25) is 0 Å². The maximum Gasteiger partial charge on any atom is 0.287 e. The summed E-state index contributed by atoms with van der Waals surface area (Å²) in [5, 5.41) is 7.84. The lowest BCUT2D eigenvalue weighted by atomic mass is 9.93. The van der Waals surface area contributed by atoms with Gasteiger partial charge in [-0.2, -0.15) is 5.10 Å². The molecule has 1 saturated heterocycles. The van der Waals surface area contributed by atoms with Gasteiger partial charge in [0.25, 0.3) is 5.91 Å². The number of nitrogens with zero attached hydrogens (tertiary/aromatic N) is 3. The van der Waals surface area contributed by atoms with Gasteiger partial charge in [-0.05, 0) is 55.7 Å². The Hall–Kier alpha value is -2.93. The SMILES string of the molecule is Cc1c(C(=O)NCC2CC3(CC3)CO2)oc2c1-c1nn(Cc3ccccn3)cc1CC2. The molecule has 7 nitrogen and oxygen atoms in total. The molecule has 160 valence electrons. The van der Waals surface area contributed by atoms with Crippen LogP contribution in [0.1, 0.15) is 52.4 Å². The van der Waals surface area contributed by atoms with E-state index in [0.29, 0.717) is 24.3 Å². The number of fused-ring (bicyclic) bond motifs is 3. The van der Waals surface area contributed by atoms with E-state index in [1.165, 1.54) is 18.4 Å². The van der Waals surface area contributed by atoms with Crippen molar-refractivity contribution in [1.82, 2.24) is 20.1 Å². The summed E-state index contributed by atoms with van der Waals surface area (Å²) in [7, 11) is 0. The fraction of sp³-hybridized carbons (Fsp3) is 0.458. The number of carbonyl (C=O) groups is 1. The highest BCUT2D eigenvalue weighted by molar-refractivity contribution is 5.95. The van der Waals surface area contributed by atoms with Gasteiger partial charge in [-0.15, -0.1) is 0 Å². The first kappa shape index (κ1) is 18.8. The maximum atomic E-state index is 12.9. The van der Waals surface area contributed by atoms with Gasteiger partial charge in [0.05, 0.1) is 30.6 Å². The molecule has 1 atom stereocenters. The number of carbonyl (C=O) groups excluding carboxylic acids is 1. The summed E-state index contributed by atoms with van der Waals surface area (Å²) in [6.45, 7) is 3.95. The number of nitrogens with one attached hydrogen (secondary N) is 1. The van der Waals surface area contributed by atoms with Crippen LogP contribution < -0.4 is 5.32 Å². The second-order valence-electron chi connectivity index (χ2n) is 9.22. The van der Waals surface area contributed by atoms with Crippen LogP contribution in [0.15, 0.2) is 35.0 Å². The minimum absolute atomic E-state index is 0.116. The monoisotopic (exact) mass is 418 g/mol. The van der Waals surface area contributed by atoms with Gasteiger partial charge in [0.2, 0.25) is 0 Å². The Labute approximate surface area is 180 Å². The molecule has 2 aliphatic carbocycles. The third-order valence-electron chi connectivity index (χ3n) is 6.91. The van der Waals surface area contributed by atoms with Gasteiger partial charge >= 0.3 is 0 Å². The van der Waals surface area contributed by atoms with Crippen molar-refractivity contribution in [3.05, 3.63) is 58.9 Å². The van der Waals surface area contributed by atoms with Gasteiger partial charge in [-0.25, -0.2) is 0 Å². The van der Waals surface area contributed by atoms with Crippen LogP contribution in [0.3, 0.4) is 0 Å². The van der Waals surface area contributed by atoms with Gasteiger partial charge in [0.15, 0.2) is 5.76 Å². The van der Waals surface area contributed by atoms with Crippen molar-refractivity contribution >= 4 is 5.91 Å². The first-order valence-electron chi connectivity index (χ1n) is 11.1. The lowest BCUT2D eigenvalue weighted by Gasteiger charge is -2.10. The van der Waals surface area contributed by atoms with E-state index in [0.717, 1.165) is 54.1 Å². The molecule has 3 aromatic heterocycles. The fourth-order valence-electron chi connectivity index (χ4n) is 4.96. The lowest BCUT2D eigenvalue weighted by Crippen LogP contribution is -2.32. The van der Waals surface area contributed by atoms with Gasteiger partial charge < -0.3 is 14.5 Å². The van der Waals surface area contributed by atoms with Crippen molar-refractivity contribution in [2.75, 3.05) is 13.2 Å². The first-order chi connectivity index (χ1) is 15.1. The van der Waals surface area contributed by atoms with Crippen molar-refractivity contribution in [2.24, 2.45) is 5.41 Å². The molecule has 2 fully saturated rings. The molecule has 0 radical (unpaired) electrons. The van der Waals surface area contributed by atoms with Crippen LogP contribution in [0.25, 0.3) is 11.3 Å². The Morgan fingerprint density at radius 2 is 2.23 bits per heavy atom. The highest BCUT2D eigenvalue weighted by Crippen LogP contribution is 2.53. The first-order valence-corrected chi connectivity index (χ1v) is 11.1. The van der Waals surface area contributed by atoms with Gasteiger partial charge in [0, 0.05) is 36.5 Å². The molecule has 1 saturated carbocycles. The number of aryl methyl sites for hydroxylation is 2. The molecule has 4 heterocycles. The molecule has 1 unspecified atom stereocenters. The summed E-state index contributed by atoms with van der Waals surface area (Å²) >= 11 is 0. The van der Waals surface area contributed by atoms with Gasteiger partial charge in [0.1, 0.15) is 5.76 Å². The van der Waals surface area contributed by atoms with Crippen molar-refractivity contribution < 1.29 is 13.9 Å². The second-order valence-corrected chi connectivity index (χ2v) is 9.22. The Morgan fingerprint density at radius 1 is 1.32 bits per heavy atom. The standard InChI is InChI=1S/C24H26N4O3/c1-15-20-19(31-22(15)23(29)26-11-18-10-24(7-8-24)14-30-18)6-5-16-12-28(27-21(16)20)13-17-4-2-3-9-25-17/h2-4,9,12,18H,5-8,10-11,13-14H2,1H3,(H,26,29). The molecule has 3 aliphatic rings. The van der Waals surface area contributed by atoms with E-state index in [1.807, 2.05) is 29.8 Å². The summed E-state index contributed by atoms with van der Waals surface area (Å²) < 4.78 is 13.8. The molecular weight excluding hydrogens is 392 g/mol. The second kappa shape index (κ2) is 7.05. The number of amides is 1. The number of ether oxygens (including phenoxy) is 1. The van der Waals surface area contributed by atoms with Crippen molar-refractivity contribution in [3.63, 3.8) is 0 Å². The van der Waals surface area contributed by atoms with Crippen molar-refractivity contribution in [3.8, 4) is 11.3 Å². The Balaban J connectivity index is 1.21.